The van der Waals surface area contributed by atoms with Crippen molar-refractivity contribution in [1.29, 1.82) is 0 Å². The Kier molecular flexibility index (Phi) is 4.64. The zero-order valence-corrected chi connectivity index (χ0v) is 14.1. The molecule has 2 heterocycles. The summed E-state index contributed by atoms with van der Waals surface area (Å²) in [6.07, 6.45) is 3.82. The minimum absolute atomic E-state index is 0.0254. The molecule has 0 aliphatic carbocycles. The Morgan fingerprint density at radius 1 is 1.29 bits per heavy atom. The van der Waals surface area contributed by atoms with E-state index in [2.05, 4.69) is 27.1 Å². The fraction of sp³-hybridized carbons (Fsp3) is 0.389. The number of rotatable bonds is 4. The molecule has 126 valence electrons. The maximum atomic E-state index is 11.5. The molecule has 24 heavy (non-hydrogen) atoms. The zero-order chi connectivity index (χ0) is 17.1. The number of benzene rings is 1. The van der Waals surface area contributed by atoms with Crippen molar-refractivity contribution < 1.29 is 4.79 Å². The second kappa shape index (κ2) is 6.86. The van der Waals surface area contributed by atoms with Crippen LogP contribution >= 0.6 is 0 Å². The molecule has 0 radical (unpaired) electrons. The van der Waals surface area contributed by atoms with Gasteiger partial charge in [-0.2, -0.15) is 0 Å². The van der Waals surface area contributed by atoms with Crippen molar-refractivity contribution in [2.75, 3.05) is 29.0 Å². The highest BCUT2D eigenvalue weighted by Crippen LogP contribution is 2.31. The van der Waals surface area contributed by atoms with E-state index >= 15 is 0 Å². The Hall–Kier alpha value is -2.63. The summed E-state index contributed by atoms with van der Waals surface area (Å²) >= 11 is 0. The maximum absolute atomic E-state index is 11.5. The normalized spacial score (nSPS) is 15.3. The smallest absolute Gasteiger partial charge is 0.159 e. The number of nitrogens with two attached hydrogens (primary N) is 1. The number of nitrogens with one attached hydrogen (secondary N) is 1. The van der Waals surface area contributed by atoms with Gasteiger partial charge in [0.25, 0.3) is 0 Å². The van der Waals surface area contributed by atoms with Gasteiger partial charge in [0.05, 0.1) is 0 Å². The van der Waals surface area contributed by atoms with Crippen LogP contribution < -0.4 is 16.0 Å². The van der Waals surface area contributed by atoms with Crippen LogP contribution in [0.4, 0.5) is 23.0 Å². The third kappa shape index (κ3) is 3.48. The second-order valence-corrected chi connectivity index (χ2v) is 6.39. The van der Waals surface area contributed by atoms with Crippen LogP contribution in [-0.4, -0.2) is 28.8 Å². The summed E-state index contributed by atoms with van der Waals surface area (Å²) in [5.41, 5.74) is 8.27. The predicted octanol–water partition coefficient (Wildman–Crippen LogP) is 3.24. The molecule has 0 amide bonds. The number of carbonyl (C=O) groups is 1. The molecule has 0 atom stereocenters. The third-order valence-electron chi connectivity index (χ3n) is 4.48. The average Bonchev–Trinajstić information content (AvgIpc) is 2.58. The number of hydrogen-bond donors (Lipinski definition) is 2. The van der Waals surface area contributed by atoms with Crippen molar-refractivity contribution in [2.24, 2.45) is 5.92 Å². The number of anilines is 4. The van der Waals surface area contributed by atoms with Gasteiger partial charge >= 0.3 is 0 Å². The lowest BCUT2D eigenvalue weighted by Gasteiger charge is -2.32. The van der Waals surface area contributed by atoms with Crippen molar-refractivity contribution in [3.05, 3.63) is 36.2 Å². The van der Waals surface area contributed by atoms with Crippen molar-refractivity contribution >= 4 is 28.8 Å². The van der Waals surface area contributed by atoms with Gasteiger partial charge in [0.1, 0.15) is 12.0 Å². The Labute approximate surface area is 142 Å². The van der Waals surface area contributed by atoms with Crippen LogP contribution in [0.25, 0.3) is 0 Å². The standard InChI is InChI=1S/C18H23N5O/c1-12-6-8-23(9-7-12)18-16(19)17(20-11-21-18)22-15-5-3-4-14(10-15)13(2)24/h3-5,10-12H,6-9,19H2,1-2H3,(H,20,21,22). The predicted molar refractivity (Wildman–Crippen MR) is 96.8 cm³/mol. The van der Waals surface area contributed by atoms with Gasteiger partial charge in [-0.05, 0) is 37.8 Å². The first-order chi connectivity index (χ1) is 11.5. The monoisotopic (exact) mass is 325 g/mol. The molecular formula is C18H23N5O. The number of carbonyl (C=O) groups excluding carboxylic acids is 1. The van der Waals surface area contributed by atoms with Gasteiger partial charge in [-0.1, -0.05) is 19.1 Å². The minimum Gasteiger partial charge on any atom is -0.393 e. The van der Waals surface area contributed by atoms with E-state index < -0.39 is 0 Å². The summed E-state index contributed by atoms with van der Waals surface area (Å²) in [5.74, 6) is 2.12. The summed E-state index contributed by atoms with van der Waals surface area (Å²) in [6.45, 7) is 5.74. The molecule has 2 aromatic rings. The molecule has 1 aromatic carbocycles. The molecule has 1 fully saturated rings. The van der Waals surface area contributed by atoms with E-state index in [1.165, 1.54) is 6.33 Å². The molecule has 0 spiro atoms. The van der Waals surface area contributed by atoms with Crippen LogP contribution in [0.3, 0.4) is 0 Å². The zero-order valence-electron chi connectivity index (χ0n) is 14.1. The number of aromatic nitrogens is 2. The average molecular weight is 325 g/mol. The van der Waals surface area contributed by atoms with Crippen LogP contribution in [0, 0.1) is 5.92 Å². The third-order valence-corrected chi connectivity index (χ3v) is 4.48. The first kappa shape index (κ1) is 16.2. The highest BCUT2D eigenvalue weighted by Gasteiger charge is 2.20. The van der Waals surface area contributed by atoms with E-state index in [-0.39, 0.29) is 5.78 Å². The van der Waals surface area contributed by atoms with Crippen molar-refractivity contribution in [1.82, 2.24) is 9.97 Å². The lowest BCUT2D eigenvalue weighted by atomic mass is 9.99. The van der Waals surface area contributed by atoms with E-state index in [4.69, 9.17) is 5.73 Å². The van der Waals surface area contributed by atoms with Crippen LogP contribution in [0.15, 0.2) is 30.6 Å². The van der Waals surface area contributed by atoms with E-state index in [0.29, 0.717) is 17.1 Å². The molecular weight excluding hydrogens is 302 g/mol. The molecule has 0 saturated carbocycles. The van der Waals surface area contributed by atoms with Gasteiger partial charge in [-0.3, -0.25) is 4.79 Å². The maximum Gasteiger partial charge on any atom is 0.159 e. The first-order valence-corrected chi connectivity index (χ1v) is 8.28. The molecule has 1 aromatic heterocycles. The number of nitrogen functional groups attached to an aromatic ring is 1. The topological polar surface area (TPSA) is 84.1 Å². The molecule has 3 N–H and O–H groups in total. The molecule has 1 aliphatic rings. The van der Waals surface area contributed by atoms with Crippen LogP contribution in [-0.2, 0) is 0 Å². The summed E-state index contributed by atoms with van der Waals surface area (Å²) in [5, 5.41) is 3.20. The molecule has 3 rings (SSSR count). The number of piperidine rings is 1. The van der Waals surface area contributed by atoms with Crippen LogP contribution in [0.1, 0.15) is 37.0 Å². The van der Waals surface area contributed by atoms with E-state index in [1.54, 1.807) is 19.1 Å². The van der Waals surface area contributed by atoms with Gasteiger partial charge in [0.2, 0.25) is 0 Å². The van der Waals surface area contributed by atoms with Crippen molar-refractivity contribution in [3.63, 3.8) is 0 Å². The van der Waals surface area contributed by atoms with E-state index in [0.717, 1.165) is 43.4 Å². The molecule has 6 heteroatoms. The van der Waals surface area contributed by atoms with Crippen LogP contribution in [0.5, 0.6) is 0 Å². The SMILES string of the molecule is CC(=O)c1cccc(Nc2ncnc(N3CCC(C)CC3)c2N)c1. The second-order valence-electron chi connectivity index (χ2n) is 6.39. The Morgan fingerprint density at radius 3 is 2.75 bits per heavy atom. The van der Waals surface area contributed by atoms with E-state index in [9.17, 15) is 4.79 Å². The fourth-order valence-corrected chi connectivity index (χ4v) is 2.91. The van der Waals surface area contributed by atoms with Gasteiger partial charge in [0, 0.05) is 24.3 Å². The van der Waals surface area contributed by atoms with Crippen molar-refractivity contribution in [2.45, 2.75) is 26.7 Å². The molecule has 0 unspecified atom stereocenters. The largest absolute Gasteiger partial charge is 0.393 e. The van der Waals surface area contributed by atoms with Gasteiger partial charge < -0.3 is 16.0 Å². The van der Waals surface area contributed by atoms with Gasteiger partial charge in [0.15, 0.2) is 17.4 Å². The van der Waals surface area contributed by atoms with Gasteiger partial charge in [-0.25, -0.2) is 9.97 Å². The van der Waals surface area contributed by atoms with Crippen LogP contribution in [0.2, 0.25) is 0 Å². The number of ketones is 1. The number of nitrogens with zero attached hydrogens (tertiary/aromatic N) is 3. The lowest BCUT2D eigenvalue weighted by molar-refractivity contribution is 0.101. The number of Topliss-reactive ketones (excluding diaryl/α,β-unsaturated/α-hetero) is 1. The quantitative estimate of drug-likeness (QED) is 0.840. The molecule has 1 saturated heterocycles. The Morgan fingerprint density at radius 2 is 2.04 bits per heavy atom. The summed E-state index contributed by atoms with van der Waals surface area (Å²) < 4.78 is 0. The summed E-state index contributed by atoms with van der Waals surface area (Å²) in [6, 6.07) is 7.31. The first-order valence-electron chi connectivity index (χ1n) is 8.28. The highest BCUT2D eigenvalue weighted by molar-refractivity contribution is 5.95. The lowest BCUT2D eigenvalue weighted by Crippen LogP contribution is -2.34. The highest BCUT2D eigenvalue weighted by atomic mass is 16.1. The Bertz CT molecular complexity index is 738. The summed E-state index contributed by atoms with van der Waals surface area (Å²) in [4.78, 5) is 22.4. The minimum atomic E-state index is 0.0254. The van der Waals surface area contributed by atoms with E-state index in [1.807, 2.05) is 12.1 Å². The number of hydrogen-bond acceptors (Lipinski definition) is 6. The van der Waals surface area contributed by atoms with Gasteiger partial charge in [-0.15, -0.1) is 0 Å². The molecule has 6 nitrogen and oxygen atoms in total. The summed E-state index contributed by atoms with van der Waals surface area (Å²) in [7, 11) is 0. The van der Waals surface area contributed by atoms with Crippen molar-refractivity contribution in [3.8, 4) is 0 Å². The molecule has 0 bridgehead atoms. The fourth-order valence-electron chi connectivity index (χ4n) is 2.91. The Balaban J connectivity index is 1.83. The molecule has 1 aliphatic heterocycles.